The second-order valence-electron chi connectivity index (χ2n) is 17.1. The largest absolute Gasteiger partial charge is 0.397 e. The fourth-order valence-electron chi connectivity index (χ4n) is 8.82. The molecule has 1 aliphatic heterocycles. The highest BCUT2D eigenvalue weighted by atomic mass is 127. The Hall–Kier alpha value is -6.20. The summed E-state index contributed by atoms with van der Waals surface area (Å²) in [4.78, 5) is 20.6. The molecule has 0 spiro atoms. The zero-order valence-corrected chi connectivity index (χ0v) is 43.3. The van der Waals surface area contributed by atoms with Gasteiger partial charge in [-0.2, -0.15) is 0 Å². The fourth-order valence-corrected chi connectivity index (χ4v) is 10.2. The molecule has 0 saturated carbocycles. The molecule has 10 aromatic rings. The third-order valence-corrected chi connectivity index (χ3v) is 14.0. The minimum atomic E-state index is -0.877. The average molecular weight is 1150 g/mol. The first-order chi connectivity index (χ1) is 33.1. The molecule has 11 rings (SSSR count). The van der Waals surface area contributed by atoms with Crippen molar-refractivity contribution in [1.29, 1.82) is 0 Å². The number of nitrogens with two attached hydrogens (primary N) is 2. The molecule has 1 saturated heterocycles. The lowest BCUT2D eigenvalue weighted by atomic mass is 9.92. The Morgan fingerprint density at radius 2 is 1.29 bits per heavy atom. The summed E-state index contributed by atoms with van der Waals surface area (Å²) in [6.07, 6.45) is 2.28. The van der Waals surface area contributed by atoms with E-state index in [4.69, 9.17) is 34.8 Å². The second-order valence-corrected chi connectivity index (χ2v) is 19.4. The van der Waals surface area contributed by atoms with Gasteiger partial charge in [-0.1, -0.05) is 27.6 Å². The van der Waals surface area contributed by atoms with Crippen molar-refractivity contribution in [3.8, 4) is 44.5 Å². The summed E-state index contributed by atoms with van der Waals surface area (Å²) in [6.45, 7) is 14.3. The van der Waals surface area contributed by atoms with E-state index in [-0.39, 0.29) is 19.1 Å². The van der Waals surface area contributed by atoms with E-state index in [2.05, 4.69) is 118 Å². The van der Waals surface area contributed by atoms with Crippen molar-refractivity contribution in [2.45, 2.75) is 73.5 Å². The number of aromatic amines is 2. The Kier molecular flexibility index (Phi) is 13.6. The van der Waals surface area contributed by atoms with Gasteiger partial charge in [-0.25, -0.2) is 9.97 Å². The highest BCUT2D eigenvalue weighted by molar-refractivity contribution is 14.1. The van der Waals surface area contributed by atoms with E-state index in [1.807, 2.05) is 71.9 Å². The Morgan fingerprint density at radius 3 is 1.84 bits per heavy atom. The van der Waals surface area contributed by atoms with Gasteiger partial charge >= 0.3 is 0 Å². The first-order valence-electron chi connectivity index (χ1n) is 22.2. The van der Waals surface area contributed by atoms with Crippen molar-refractivity contribution in [3.05, 3.63) is 126 Å². The summed E-state index contributed by atoms with van der Waals surface area (Å²) in [5, 5.41) is 32.8. The molecule has 8 N–H and O–H groups in total. The van der Waals surface area contributed by atoms with Gasteiger partial charge in [0.25, 0.3) is 0 Å². The van der Waals surface area contributed by atoms with E-state index in [0.29, 0.717) is 17.2 Å². The molecule has 0 bridgehead atoms. The molecule has 2 unspecified atom stereocenters. The Morgan fingerprint density at radius 1 is 0.710 bits per heavy atom. The van der Waals surface area contributed by atoms with Crippen molar-refractivity contribution < 1.29 is 28.5 Å². The lowest BCUT2D eigenvalue weighted by molar-refractivity contribution is -0.0573. The topological polar surface area (TPSA) is 250 Å². The average Bonchev–Trinajstić information content (AvgIpc) is 4.14. The predicted molar refractivity (Wildman–Crippen MR) is 283 cm³/mol. The minimum absolute atomic E-state index is 0.121. The number of imidazole rings is 2. The number of hydrogen-bond donors (Lipinski definition) is 6. The molecule has 0 amide bonds. The van der Waals surface area contributed by atoms with Crippen molar-refractivity contribution in [2.75, 3.05) is 24.7 Å². The van der Waals surface area contributed by atoms with Crippen LogP contribution in [0.1, 0.15) is 76.6 Å². The van der Waals surface area contributed by atoms with Crippen LogP contribution in [-0.4, -0.2) is 63.8 Å². The third kappa shape index (κ3) is 9.34. The number of fused-ring (bicyclic) bond motifs is 3. The minimum Gasteiger partial charge on any atom is -0.397 e. The van der Waals surface area contributed by atoms with Crippen LogP contribution in [-0.2, 0) is 4.74 Å². The third-order valence-electron chi connectivity index (χ3n) is 12.3. The van der Waals surface area contributed by atoms with Crippen LogP contribution in [0.15, 0.2) is 80.4 Å². The van der Waals surface area contributed by atoms with Crippen molar-refractivity contribution in [3.63, 3.8) is 0 Å². The van der Waals surface area contributed by atoms with Crippen LogP contribution in [0, 0.1) is 55.6 Å². The number of aryl methyl sites for hydroxylation is 7. The summed E-state index contributed by atoms with van der Waals surface area (Å²) in [5.74, 6) is 3.72. The summed E-state index contributed by atoms with van der Waals surface area (Å²) in [7, 11) is 0. The first-order valence-corrected chi connectivity index (χ1v) is 24.4. The number of rotatable bonds is 8. The summed E-state index contributed by atoms with van der Waals surface area (Å²) < 4.78 is 23.4. The van der Waals surface area contributed by atoms with Gasteiger partial charge in [0.05, 0.1) is 57.1 Å². The number of anilines is 2. The number of halogens is 2. The molecular formula is C51H50I2N10O6. The lowest BCUT2D eigenvalue weighted by Crippen LogP contribution is -2.19. The van der Waals surface area contributed by atoms with Gasteiger partial charge in [0, 0.05) is 60.4 Å². The van der Waals surface area contributed by atoms with Crippen LogP contribution < -0.4 is 11.5 Å². The summed E-state index contributed by atoms with van der Waals surface area (Å²) in [5.41, 5.74) is 29.0. The molecule has 4 aromatic carbocycles. The number of nitrogen functional groups attached to an aromatic ring is 2. The van der Waals surface area contributed by atoms with Gasteiger partial charge in [-0.15, -0.1) is 0 Å². The molecule has 18 heteroatoms. The molecule has 1 aliphatic rings. The van der Waals surface area contributed by atoms with Gasteiger partial charge in [0.1, 0.15) is 46.7 Å². The van der Waals surface area contributed by atoms with Crippen LogP contribution in [0.25, 0.3) is 77.5 Å². The van der Waals surface area contributed by atoms with Gasteiger partial charge in [0.2, 0.25) is 0 Å². The number of aliphatic hydroxyl groups is 2. The molecule has 354 valence electrons. The normalized spacial score (nSPS) is 13.9. The number of pyridine rings is 1. The van der Waals surface area contributed by atoms with Crippen molar-refractivity contribution in [2.24, 2.45) is 0 Å². The molecule has 16 nitrogen and oxygen atoms in total. The van der Waals surface area contributed by atoms with E-state index in [1.54, 1.807) is 6.20 Å². The van der Waals surface area contributed by atoms with Crippen molar-refractivity contribution >= 4 is 89.5 Å². The number of hydrogen-bond acceptors (Lipinski definition) is 14. The first kappa shape index (κ1) is 47.8. The van der Waals surface area contributed by atoms with E-state index in [1.165, 1.54) is 0 Å². The number of benzene rings is 4. The van der Waals surface area contributed by atoms with E-state index < -0.39 is 6.10 Å². The molecular weight excluding hydrogens is 1100 g/mol. The van der Waals surface area contributed by atoms with E-state index in [9.17, 15) is 10.2 Å². The fraction of sp³-hybridized carbons (Fsp3) is 0.255. The Balaban J connectivity index is 0.000000138. The maximum atomic E-state index is 10.5. The molecule has 1 fully saturated rings. The van der Waals surface area contributed by atoms with Crippen LogP contribution in [0.3, 0.4) is 0 Å². The number of nitrogens with zero attached hydrogens (tertiary/aromatic N) is 6. The zero-order valence-electron chi connectivity index (χ0n) is 39.0. The Bertz CT molecular complexity index is 3450. The smallest absolute Gasteiger partial charge is 0.141 e. The van der Waals surface area contributed by atoms with Crippen LogP contribution in [0.5, 0.6) is 0 Å². The van der Waals surface area contributed by atoms with Crippen LogP contribution in [0.4, 0.5) is 11.4 Å². The molecule has 69 heavy (non-hydrogen) atoms. The lowest BCUT2D eigenvalue weighted by Gasteiger charge is -2.23. The number of aliphatic hydroxyl groups excluding tert-OH is 2. The summed E-state index contributed by atoms with van der Waals surface area (Å²) in [6, 6.07) is 20.3. The predicted octanol–water partition coefficient (Wildman–Crippen LogP) is 11.4. The highest BCUT2D eigenvalue weighted by Gasteiger charge is 2.25. The number of nitrogens with one attached hydrogen (secondary N) is 2. The van der Waals surface area contributed by atoms with Gasteiger partial charge in [0.15, 0.2) is 0 Å². The maximum absolute atomic E-state index is 10.5. The van der Waals surface area contributed by atoms with E-state index >= 15 is 0 Å². The monoisotopic (exact) mass is 1150 g/mol. The molecule has 2 atom stereocenters. The van der Waals surface area contributed by atoms with Gasteiger partial charge in [-0.05, 0) is 170 Å². The van der Waals surface area contributed by atoms with Gasteiger partial charge < -0.3 is 50.0 Å². The molecule has 7 heterocycles. The van der Waals surface area contributed by atoms with Crippen LogP contribution >= 0.6 is 45.2 Å². The Labute approximate surface area is 423 Å². The number of H-pyrrole nitrogens is 2. The molecule has 6 aromatic heterocycles. The standard InChI is InChI=1S/C25H24N4O3.C15H14IN3O2.C11H12IN3O/c1-13-6-7-19-17(5-4-9-26-19)22(13)18-11-16(23-14(2)29-32-15(23)3)12-20-24(18)28-25(27-20)21(31)8-10-30;1-7-13(8(2)21-19-7)9-5-10(16)14-11(6-9)17-15(18-14)12-3-4-20-12;1-5-10(6(2)16-15-5)7-3-8(12)11(14)9(13)4-7/h4-7,9,11-12,21,30-31H,8,10H2,1-3H3,(H,27,28);5-6,12H,3-4H2,1-2H3,(H,17,18);3-4H,13-14H2,1-2H3. The quantitative estimate of drug-likeness (QED) is 0.0612. The number of aromatic nitrogens is 8. The second kappa shape index (κ2) is 19.7. The zero-order chi connectivity index (χ0) is 48.8. The van der Waals surface area contributed by atoms with Crippen molar-refractivity contribution in [1.82, 2.24) is 40.4 Å². The maximum Gasteiger partial charge on any atom is 0.141 e. The van der Waals surface area contributed by atoms with Crippen LogP contribution in [0.2, 0.25) is 0 Å². The molecule has 0 radical (unpaired) electrons. The van der Waals surface area contributed by atoms with E-state index in [0.717, 1.165) is 143 Å². The molecule has 0 aliphatic carbocycles. The number of ether oxygens (including phenoxy) is 1. The highest BCUT2D eigenvalue weighted by Crippen LogP contribution is 2.41. The summed E-state index contributed by atoms with van der Waals surface area (Å²) >= 11 is 4.49. The van der Waals surface area contributed by atoms with Gasteiger partial charge in [-0.3, -0.25) is 4.98 Å². The SMILES string of the molecule is Cc1ccc2ncccc2c1-c1cc(-c2c(C)noc2C)cc2[nH]c(C(O)CCO)nc12.Cc1noc(C)c1-c1cc(I)c2nc(C3CCO3)[nH]c2c1.Cc1noc(C)c1-c1cc(N)c(N)c(I)c1.